The second-order valence-electron chi connectivity index (χ2n) is 5.85. The number of nitrogen functional groups attached to an aromatic ring is 1. The lowest BCUT2D eigenvalue weighted by molar-refractivity contribution is -0.122. The quantitative estimate of drug-likeness (QED) is 0.685. The normalized spacial score (nSPS) is 11.2. The van der Waals surface area contributed by atoms with Crippen LogP contribution in [0.2, 0.25) is 0 Å². The van der Waals surface area contributed by atoms with Crippen LogP contribution in [0.25, 0.3) is 0 Å². The largest absolute Gasteiger partial charge is 0.493 e. The second kappa shape index (κ2) is 8.52. The van der Waals surface area contributed by atoms with Crippen molar-refractivity contribution in [1.82, 2.24) is 5.32 Å². The highest BCUT2D eigenvalue weighted by Gasteiger charge is 2.18. The van der Waals surface area contributed by atoms with Gasteiger partial charge in [0.15, 0.2) is 0 Å². The molecule has 3 N–H and O–H groups in total. The third-order valence-electron chi connectivity index (χ3n) is 3.23. The van der Waals surface area contributed by atoms with E-state index in [0.29, 0.717) is 31.9 Å². The molecule has 5 nitrogen and oxygen atoms in total. The third-order valence-corrected chi connectivity index (χ3v) is 3.23. The molecule has 0 spiro atoms. The van der Waals surface area contributed by atoms with Crippen molar-refractivity contribution in [3.63, 3.8) is 0 Å². The molecular formula is C16H26N2O3. The lowest BCUT2D eigenvalue weighted by Crippen LogP contribution is -2.35. The minimum atomic E-state index is -0.00376. The number of hydrogen-bond donors (Lipinski definition) is 2. The molecule has 0 aliphatic rings. The van der Waals surface area contributed by atoms with Crippen molar-refractivity contribution in [2.45, 2.75) is 26.7 Å². The van der Waals surface area contributed by atoms with Crippen molar-refractivity contribution < 1.29 is 14.3 Å². The van der Waals surface area contributed by atoms with Gasteiger partial charge in [0.05, 0.1) is 13.0 Å². The van der Waals surface area contributed by atoms with Crippen molar-refractivity contribution >= 4 is 11.6 Å². The standard InChI is InChI=1S/C16H26N2O3/c1-16(2,9-11-20-3)12-18-15(19)8-10-21-14-6-4-13(17)5-7-14/h4-7H,8-12,17H2,1-3H3,(H,18,19). The maximum Gasteiger partial charge on any atom is 0.223 e. The van der Waals surface area contributed by atoms with Gasteiger partial charge >= 0.3 is 0 Å². The van der Waals surface area contributed by atoms with E-state index < -0.39 is 0 Å². The van der Waals surface area contributed by atoms with Gasteiger partial charge in [0.2, 0.25) is 5.91 Å². The van der Waals surface area contributed by atoms with Crippen LogP contribution in [0.1, 0.15) is 26.7 Å². The van der Waals surface area contributed by atoms with Crippen LogP contribution in [0.15, 0.2) is 24.3 Å². The number of benzene rings is 1. The molecule has 0 fully saturated rings. The van der Waals surface area contributed by atoms with Gasteiger partial charge in [-0.25, -0.2) is 0 Å². The fraction of sp³-hybridized carbons (Fsp3) is 0.562. The van der Waals surface area contributed by atoms with Gasteiger partial charge in [-0.1, -0.05) is 13.8 Å². The average molecular weight is 294 g/mol. The Labute approximate surface area is 126 Å². The molecule has 0 radical (unpaired) electrons. The lowest BCUT2D eigenvalue weighted by Gasteiger charge is -2.24. The molecule has 0 aliphatic carbocycles. The predicted octanol–water partition coefficient (Wildman–Crippen LogP) is 2.22. The number of ether oxygens (including phenoxy) is 2. The first kappa shape index (κ1) is 17.3. The summed E-state index contributed by atoms with van der Waals surface area (Å²) in [6.45, 7) is 5.91. The van der Waals surface area contributed by atoms with E-state index in [1.54, 1.807) is 31.4 Å². The Balaban J connectivity index is 2.20. The summed E-state index contributed by atoms with van der Waals surface area (Å²) in [6.07, 6.45) is 1.25. The molecule has 5 heteroatoms. The zero-order valence-corrected chi connectivity index (χ0v) is 13.1. The van der Waals surface area contributed by atoms with Crippen LogP contribution in [-0.2, 0) is 9.53 Å². The van der Waals surface area contributed by atoms with Crippen molar-refractivity contribution in [2.75, 3.05) is 32.6 Å². The highest BCUT2D eigenvalue weighted by atomic mass is 16.5. The Morgan fingerprint density at radius 3 is 2.52 bits per heavy atom. The number of anilines is 1. The van der Waals surface area contributed by atoms with Crippen molar-refractivity contribution in [3.05, 3.63) is 24.3 Å². The topological polar surface area (TPSA) is 73.6 Å². The van der Waals surface area contributed by atoms with Gasteiger partial charge in [0.1, 0.15) is 5.75 Å². The first-order chi connectivity index (χ1) is 9.93. The smallest absolute Gasteiger partial charge is 0.223 e. The summed E-state index contributed by atoms with van der Waals surface area (Å²) in [4.78, 5) is 11.8. The number of amides is 1. The first-order valence-electron chi connectivity index (χ1n) is 7.17. The van der Waals surface area contributed by atoms with E-state index in [1.807, 2.05) is 0 Å². The highest BCUT2D eigenvalue weighted by molar-refractivity contribution is 5.76. The summed E-state index contributed by atoms with van der Waals surface area (Å²) in [5, 5.41) is 2.93. The van der Waals surface area contributed by atoms with Crippen LogP contribution in [0.3, 0.4) is 0 Å². The van der Waals surface area contributed by atoms with Crippen molar-refractivity contribution in [3.8, 4) is 5.75 Å². The number of carbonyl (C=O) groups excluding carboxylic acids is 1. The van der Waals surface area contributed by atoms with Crippen LogP contribution < -0.4 is 15.8 Å². The van der Waals surface area contributed by atoms with E-state index in [2.05, 4.69) is 19.2 Å². The summed E-state index contributed by atoms with van der Waals surface area (Å²) in [7, 11) is 1.68. The maximum absolute atomic E-state index is 11.8. The van der Waals surface area contributed by atoms with Crippen LogP contribution in [0, 0.1) is 5.41 Å². The lowest BCUT2D eigenvalue weighted by atomic mass is 9.90. The van der Waals surface area contributed by atoms with Gasteiger partial charge < -0.3 is 20.5 Å². The summed E-state index contributed by atoms with van der Waals surface area (Å²) in [6, 6.07) is 7.13. The van der Waals surface area contributed by atoms with Gasteiger partial charge in [-0.05, 0) is 36.1 Å². The molecule has 118 valence electrons. The van der Waals surface area contributed by atoms with E-state index in [0.717, 1.165) is 12.2 Å². The molecule has 0 aromatic heterocycles. The number of methoxy groups -OCH3 is 1. The average Bonchev–Trinajstić information content (AvgIpc) is 2.45. The molecule has 0 atom stereocenters. The molecule has 0 saturated carbocycles. The number of carbonyl (C=O) groups is 1. The first-order valence-corrected chi connectivity index (χ1v) is 7.17. The molecule has 1 aromatic carbocycles. The highest BCUT2D eigenvalue weighted by Crippen LogP contribution is 2.18. The molecule has 0 saturated heterocycles. The van der Waals surface area contributed by atoms with E-state index in [-0.39, 0.29) is 11.3 Å². The molecule has 0 bridgehead atoms. The summed E-state index contributed by atoms with van der Waals surface area (Å²) in [5.41, 5.74) is 6.31. The number of nitrogens with one attached hydrogen (secondary N) is 1. The van der Waals surface area contributed by atoms with Crippen LogP contribution >= 0.6 is 0 Å². The van der Waals surface area contributed by atoms with Crippen LogP contribution in [-0.4, -0.2) is 32.8 Å². The van der Waals surface area contributed by atoms with E-state index >= 15 is 0 Å². The summed E-state index contributed by atoms with van der Waals surface area (Å²) < 4.78 is 10.6. The Morgan fingerprint density at radius 1 is 1.24 bits per heavy atom. The van der Waals surface area contributed by atoms with Crippen molar-refractivity contribution in [1.29, 1.82) is 0 Å². The zero-order valence-electron chi connectivity index (χ0n) is 13.1. The molecule has 1 rings (SSSR count). The summed E-state index contributed by atoms with van der Waals surface area (Å²) in [5.74, 6) is 0.716. The zero-order chi connectivity index (χ0) is 15.7. The number of hydrogen-bond acceptors (Lipinski definition) is 4. The molecule has 0 aliphatic heterocycles. The monoisotopic (exact) mass is 294 g/mol. The minimum absolute atomic E-state index is 0.00376. The van der Waals surface area contributed by atoms with Crippen LogP contribution in [0.4, 0.5) is 5.69 Å². The fourth-order valence-corrected chi connectivity index (χ4v) is 1.72. The Kier molecular flexibility index (Phi) is 7.02. The van der Waals surface area contributed by atoms with E-state index in [9.17, 15) is 4.79 Å². The number of nitrogens with two attached hydrogens (primary N) is 1. The maximum atomic E-state index is 11.8. The third kappa shape index (κ3) is 7.56. The summed E-state index contributed by atoms with van der Waals surface area (Å²) >= 11 is 0. The Bertz CT molecular complexity index is 430. The minimum Gasteiger partial charge on any atom is -0.493 e. The van der Waals surface area contributed by atoms with Crippen molar-refractivity contribution in [2.24, 2.45) is 5.41 Å². The Hall–Kier alpha value is -1.75. The molecular weight excluding hydrogens is 268 g/mol. The second-order valence-corrected chi connectivity index (χ2v) is 5.85. The molecule has 1 amide bonds. The van der Waals surface area contributed by atoms with Gasteiger partial charge in [-0.15, -0.1) is 0 Å². The molecule has 0 heterocycles. The van der Waals surface area contributed by atoms with Gasteiger partial charge in [0.25, 0.3) is 0 Å². The number of rotatable bonds is 9. The predicted molar refractivity (Wildman–Crippen MR) is 84.3 cm³/mol. The van der Waals surface area contributed by atoms with E-state index in [1.165, 1.54) is 0 Å². The van der Waals surface area contributed by atoms with Gasteiger partial charge in [-0.3, -0.25) is 4.79 Å². The van der Waals surface area contributed by atoms with Gasteiger partial charge in [-0.2, -0.15) is 0 Å². The molecule has 1 aromatic rings. The fourth-order valence-electron chi connectivity index (χ4n) is 1.72. The van der Waals surface area contributed by atoms with E-state index in [4.69, 9.17) is 15.2 Å². The molecule has 0 unspecified atom stereocenters. The Morgan fingerprint density at radius 2 is 1.90 bits per heavy atom. The van der Waals surface area contributed by atoms with Crippen LogP contribution in [0.5, 0.6) is 5.75 Å². The molecule has 21 heavy (non-hydrogen) atoms. The van der Waals surface area contributed by atoms with Gasteiger partial charge in [0, 0.05) is 25.9 Å². The SMILES string of the molecule is COCCC(C)(C)CNC(=O)CCOc1ccc(N)cc1.